The number of β-amino-alcohol motifs (C(OH)–C–C–N with tert-alkyl or cyclic N) is 1. The maximum atomic E-state index is 12.0. The van der Waals surface area contributed by atoms with E-state index in [4.69, 9.17) is 9.84 Å². The van der Waals surface area contributed by atoms with Crippen molar-refractivity contribution in [3.63, 3.8) is 0 Å². The van der Waals surface area contributed by atoms with Crippen LogP contribution in [0, 0.1) is 5.92 Å². The molecule has 0 aromatic heterocycles. The van der Waals surface area contributed by atoms with Gasteiger partial charge < -0.3 is 20.3 Å². The summed E-state index contributed by atoms with van der Waals surface area (Å²) in [5, 5.41) is 21.3. The Morgan fingerprint density at radius 2 is 2.04 bits per heavy atom. The summed E-state index contributed by atoms with van der Waals surface area (Å²) in [4.78, 5) is 25.5. The molecule has 3 N–H and O–H groups in total. The van der Waals surface area contributed by atoms with Crippen molar-refractivity contribution < 1.29 is 24.5 Å². The zero-order valence-corrected chi connectivity index (χ0v) is 13.7. The Morgan fingerprint density at radius 3 is 2.67 bits per heavy atom. The van der Waals surface area contributed by atoms with Crippen LogP contribution in [-0.4, -0.2) is 59.0 Å². The molecular weight excluding hydrogens is 312 g/mol. The number of hydrogen-bond donors (Lipinski definition) is 3. The lowest BCUT2D eigenvalue weighted by Gasteiger charge is -2.41. The minimum absolute atomic E-state index is 0.0199. The van der Waals surface area contributed by atoms with E-state index in [0.717, 1.165) is 5.56 Å². The Bertz CT molecular complexity index is 551. The highest BCUT2D eigenvalue weighted by Gasteiger charge is 2.40. The first-order chi connectivity index (χ1) is 11.5. The van der Waals surface area contributed by atoms with Crippen LogP contribution in [0.4, 0.5) is 4.79 Å². The van der Waals surface area contributed by atoms with Crippen molar-refractivity contribution in [2.24, 2.45) is 5.92 Å². The van der Waals surface area contributed by atoms with Crippen molar-refractivity contribution in [2.75, 3.05) is 19.7 Å². The Hall–Kier alpha value is -2.12. The molecule has 0 radical (unpaired) electrons. The summed E-state index contributed by atoms with van der Waals surface area (Å²) in [6, 6.07) is 8.53. The number of aliphatic carboxylic acids is 1. The third-order valence-corrected chi connectivity index (χ3v) is 4.44. The molecule has 1 aliphatic rings. The number of benzene rings is 1. The molecule has 7 nitrogen and oxygen atoms in total. The van der Waals surface area contributed by atoms with Crippen LogP contribution in [0.5, 0.6) is 0 Å². The number of nitrogens with one attached hydrogen (secondary N) is 1. The predicted molar refractivity (Wildman–Crippen MR) is 87.4 cm³/mol. The maximum Gasteiger partial charge on any atom is 0.407 e. The Kier molecular flexibility index (Phi) is 6.57. The van der Waals surface area contributed by atoms with E-state index in [0.29, 0.717) is 19.5 Å². The topological polar surface area (TPSA) is 99.1 Å². The van der Waals surface area contributed by atoms with Crippen molar-refractivity contribution in [3.05, 3.63) is 35.9 Å². The van der Waals surface area contributed by atoms with Gasteiger partial charge in [0.05, 0.1) is 12.5 Å². The second kappa shape index (κ2) is 8.65. The minimum Gasteiger partial charge on any atom is -0.481 e. The number of aliphatic hydroxyl groups is 1. The fourth-order valence-corrected chi connectivity index (χ4v) is 3.15. The Labute approximate surface area is 141 Å². The average Bonchev–Trinajstić information content (AvgIpc) is 2.56. The van der Waals surface area contributed by atoms with Crippen molar-refractivity contribution in [3.8, 4) is 0 Å². The summed E-state index contributed by atoms with van der Waals surface area (Å²) in [5.41, 5.74) is 0.869. The summed E-state index contributed by atoms with van der Waals surface area (Å²) >= 11 is 0. The van der Waals surface area contributed by atoms with Crippen LogP contribution in [0.3, 0.4) is 0 Å². The molecule has 3 atom stereocenters. The molecule has 24 heavy (non-hydrogen) atoms. The van der Waals surface area contributed by atoms with Gasteiger partial charge in [-0.15, -0.1) is 0 Å². The lowest BCUT2D eigenvalue weighted by molar-refractivity contribution is -0.147. The highest BCUT2D eigenvalue weighted by Crippen LogP contribution is 2.24. The number of likely N-dealkylation sites (tertiary alicyclic amines) is 1. The van der Waals surface area contributed by atoms with E-state index in [1.54, 1.807) is 6.92 Å². The zero-order valence-electron chi connectivity index (χ0n) is 13.7. The van der Waals surface area contributed by atoms with E-state index in [-0.39, 0.29) is 19.3 Å². The van der Waals surface area contributed by atoms with Crippen LogP contribution in [0.2, 0.25) is 0 Å². The van der Waals surface area contributed by atoms with Gasteiger partial charge in [-0.05, 0) is 18.9 Å². The van der Waals surface area contributed by atoms with Crippen LogP contribution in [0.25, 0.3) is 0 Å². The molecule has 1 aromatic rings. The molecule has 1 fully saturated rings. The van der Waals surface area contributed by atoms with Gasteiger partial charge in [0.15, 0.2) is 0 Å². The number of carboxylic acid groups (broad SMARTS) is 1. The molecule has 132 valence electrons. The first kappa shape index (κ1) is 18.2. The van der Waals surface area contributed by atoms with E-state index in [9.17, 15) is 14.7 Å². The molecule has 0 saturated carbocycles. The number of hydrogen-bond acceptors (Lipinski definition) is 5. The summed E-state index contributed by atoms with van der Waals surface area (Å²) in [6.07, 6.45) is -0.111. The molecule has 1 unspecified atom stereocenters. The third-order valence-electron chi connectivity index (χ3n) is 4.44. The van der Waals surface area contributed by atoms with Crippen molar-refractivity contribution in [1.82, 2.24) is 10.2 Å². The van der Waals surface area contributed by atoms with Gasteiger partial charge in [-0.1, -0.05) is 30.3 Å². The highest BCUT2D eigenvalue weighted by molar-refractivity contribution is 5.74. The van der Waals surface area contributed by atoms with Crippen molar-refractivity contribution >= 4 is 12.1 Å². The normalized spacial score (nSPS) is 24.3. The second-order valence-corrected chi connectivity index (χ2v) is 5.97. The maximum absolute atomic E-state index is 12.0. The van der Waals surface area contributed by atoms with E-state index in [1.165, 1.54) is 0 Å². The van der Waals surface area contributed by atoms with Gasteiger partial charge in [0.1, 0.15) is 6.61 Å². The number of alkyl carbamates (subject to hydrolysis) is 1. The number of nitrogens with zero attached hydrogens (tertiary/aromatic N) is 1. The molecule has 0 spiro atoms. The van der Waals surface area contributed by atoms with Crippen LogP contribution < -0.4 is 5.32 Å². The first-order valence-corrected chi connectivity index (χ1v) is 8.08. The average molecular weight is 336 g/mol. The molecule has 1 heterocycles. The zero-order chi connectivity index (χ0) is 17.5. The number of piperidine rings is 1. The van der Waals surface area contributed by atoms with Gasteiger partial charge in [-0.2, -0.15) is 0 Å². The van der Waals surface area contributed by atoms with Crippen LogP contribution >= 0.6 is 0 Å². The summed E-state index contributed by atoms with van der Waals surface area (Å²) in [5.74, 6) is -1.70. The fourth-order valence-electron chi connectivity index (χ4n) is 3.15. The largest absolute Gasteiger partial charge is 0.481 e. The van der Waals surface area contributed by atoms with Crippen LogP contribution in [-0.2, 0) is 16.1 Å². The number of carboxylic acids is 1. The Balaban J connectivity index is 1.92. The predicted octanol–water partition coefficient (Wildman–Crippen LogP) is 1.07. The van der Waals surface area contributed by atoms with Gasteiger partial charge in [0.2, 0.25) is 0 Å². The molecule has 0 aliphatic carbocycles. The third kappa shape index (κ3) is 4.69. The SMILES string of the molecule is CC1[C@@H](C(=O)O)[C@H](NC(=O)OCc2ccccc2)CCN1CCO. The van der Waals surface area contributed by atoms with Crippen molar-refractivity contribution in [2.45, 2.75) is 32.0 Å². The van der Waals surface area contributed by atoms with Gasteiger partial charge in [0.25, 0.3) is 0 Å². The van der Waals surface area contributed by atoms with Crippen LogP contribution in [0.15, 0.2) is 30.3 Å². The summed E-state index contributed by atoms with van der Waals surface area (Å²) < 4.78 is 5.17. The summed E-state index contributed by atoms with van der Waals surface area (Å²) in [7, 11) is 0. The van der Waals surface area contributed by atoms with Gasteiger partial charge in [-0.3, -0.25) is 9.69 Å². The number of amides is 1. The molecule has 2 rings (SSSR count). The number of aliphatic hydroxyl groups excluding tert-OH is 1. The smallest absolute Gasteiger partial charge is 0.407 e. The second-order valence-electron chi connectivity index (χ2n) is 5.97. The molecule has 1 aliphatic heterocycles. The van der Waals surface area contributed by atoms with Gasteiger partial charge in [-0.25, -0.2) is 4.79 Å². The van der Waals surface area contributed by atoms with E-state index < -0.39 is 24.0 Å². The highest BCUT2D eigenvalue weighted by atomic mass is 16.5. The Morgan fingerprint density at radius 1 is 1.33 bits per heavy atom. The van der Waals surface area contributed by atoms with E-state index in [1.807, 2.05) is 35.2 Å². The number of rotatable bonds is 6. The molecule has 1 aromatic carbocycles. The molecular formula is C17H24N2O5. The molecule has 1 saturated heterocycles. The lowest BCUT2D eigenvalue weighted by Crippen LogP contribution is -2.58. The molecule has 1 amide bonds. The molecule has 0 bridgehead atoms. The number of carbonyl (C=O) groups excluding carboxylic acids is 1. The molecule has 7 heteroatoms. The standard InChI is InChI=1S/C17H24N2O5/c1-12-15(16(21)22)14(7-8-19(12)9-10-20)18-17(23)24-11-13-5-3-2-4-6-13/h2-6,12,14-15,20H,7-11H2,1H3,(H,18,23)(H,21,22)/t12?,14-,15-/m1/s1. The lowest BCUT2D eigenvalue weighted by atomic mass is 9.85. The van der Waals surface area contributed by atoms with E-state index in [2.05, 4.69) is 5.32 Å². The first-order valence-electron chi connectivity index (χ1n) is 8.08. The quantitative estimate of drug-likeness (QED) is 0.719. The van der Waals surface area contributed by atoms with E-state index >= 15 is 0 Å². The number of carbonyl (C=O) groups is 2. The fraction of sp³-hybridized carbons (Fsp3) is 0.529. The van der Waals surface area contributed by atoms with Gasteiger partial charge >= 0.3 is 12.1 Å². The van der Waals surface area contributed by atoms with Gasteiger partial charge in [0, 0.05) is 25.2 Å². The van der Waals surface area contributed by atoms with Crippen molar-refractivity contribution in [1.29, 1.82) is 0 Å². The minimum atomic E-state index is -0.960. The van der Waals surface area contributed by atoms with Crippen LogP contribution in [0.1, 0.15) is 18.9 Å². The summed E-state index contributed by atoms with van der Waals surface area (Å²) in [6.45, 7) is 2.97. The monoisotopic (exact) mass is 336 g/mol. The number of ether oxygens (including phenoxy) is 1.